The normalized spacial score (nSPS) is 11.5. The maximum Gasteiger partial charge on any atom is 0.407 e. The molecule has 1 amide bonds. The van der Waals surface area contributed by atoms with Crippen LogP contribution in [0.4, 0.5) is 4.79 Å². The number of hydrogen-bond acceptors (Lipinski definition) is 3. The summed E-state index contributed by atoms with van der Waals surface area (Å²) in [7, 11) is 0. The molecule has 0 fully saturated rings. The van der Waals surface area contributed by atoms with Gasteiger partial charge in [-0.1, -0.05) is 6.07 Å². The Bertz CT molecular complexity index is 569. The number of nitrogens with zero attached hydrogens (tertiary/aromatic N) is 2. The highest BCUT2D eigenvalue weighted by atomic mass is 16.6. The number of rotatable bonds is 3. The molecule has 2 aromatic rings. The number of carbonyl (C=O) groups is 1. The van der Waals surface area contributed by atoms with E-state index >= 15 is 0 Å². The Balaban J connectivity index is 1.88. The van der Waals surface area contributed by atoms with Crippen molar-refractivity contribution in [2.45, 2.75) is 32.8 Å². The largest absolute Gasteiger partial charge is 0.444 e. The van der Waals surface area contributed by atoms with Gasteiger partial charge in [-0.3, -0.25) is 0 Å². The third kappa shape index (κ3) is 3.71. The summed E-state index contributed by atoms with van der Waals surface area (Å²) in [6.07, 6.45) is 4.11. The molecule has 0 aliphatic carbocycles. The molecule has 0 spiro atoms. The van der Waals surface area contributed by atoms with E-state index in [-0.39, 0.29) is 6.09 Å². The number of nitrogens with one attached hydrogen (secondary N) is 1. The molecular formula is C14H19N3O2. The van der Waals surface area contributed by atoms with Gasteiger partial charge < -0.3 is 14.5 Å². The predicted octanol–water partition coefficient (Wildman–Crippen LogP) is 2.40. The quantitative estimate of drug-likeness (QED) is 0.923. The molecule has 0 aromatic carbocycles. The van der Waals surface area contributed by atoms with E-state index in [2.05, 4.69) is 10.3 Å². The Morgan fingerprint density at radius 3 is 2.95 bits per heavy atom. The second-order valence-electron chi connectivity index (χ2n) is 5.36. The Labute approximate surface area is 112 Å². The van der Waals surface area contributed by atoms with Gasteiger partial charge in [0, 0.05) is 31.1 Å². The number of amides is 1. The lowest BCUT2D eigenvalue weighted by molar-refractivity contribution is 0.0528. The van der Waals surface area contributed by atoms with Gasteiger partial charge in [-0.25, -0.2) is 9.78 Å². The summed E-state index contributed by atoms with van der Waals surface area (Å²) in [6, 6.07) is 5.86. The van der Waals surface area contributed by atoms with Crippen LogP contribution in [0.1, 0.15) is 26.5 Å². The third-order valence-corrected chi connectivity index (χ3v) is 2.54. The summed E-state index contributed by atoms with van der Waals surface area (Å²) in [5.74, 6) is 0. The molecule has 1 N–H and O–H groups in total. The lowest BCUT2D eigenvalue weighted by Gasteiger charge is -2.19. The Kier molecular flexibility index (Phi) is 3.74. The number of pyridine rings is 1. The summed E-state index contributed by atoms with van der Waals surface area (Å²) in [4.78, 5) is 15.8. The minimum absolute atomic E-state index is 0.388. The standard InChI is InChI=1S/C14H19N3O2/c1-14(2,3)19-13(18)15-8-7-11-10-16-12-6-4-5-9-17(11)12/h4-6,9-10H,7-8H2,1-3H3,(H,15,18). The topological polar surface area (TPSA) is 55.6 Å². The van der Waals surface area contributed by atoms with Crippen molar-refractivity contribution < 1.29 is 9.53 Å². The van der Waals surface area contributed by atoms with Crippen LogP contribution in [0.3, 0.4) is 0 Å². The molecule has 5 heteroatoms. The lowest BCUT2D eigenvalue weighted by Crippen LogP contribution is -2.33. The average Bonchev–Trinajstić information content (AvgIpc) is 2.70. The van der Waals surface area contributed by atoms with Gasteiger partial charge in [0.1, 0.15) is 11.2 Å². The van der Waals surface area contributed by atoms with Gasteiger partial charge in [-0.15, -0.1) is 0 Å². The fourth-order valence-electron chi connectivity index (χ4n) is 1.78. The SMILES string of the molecule is CC(C)(C)OC(=O)NCCc1cnc2ccccn12. The molecule has 0 aliphatic rings. The van der Waals surface area contributed by atoms with Crippen LogP contribution < -0.4 is 5.32 Å². The Morgan fingerprint density at radius 1 is 1.42 bits per heavy atom. The molecule has 0 unspecified atom stereocenters. The van der Waals surface area contributed by atoms with Crippen molar-refractivity contribution in [3.63, 3.8) is 0 Å². The number of carbonyl (C=O) groups excluding carboxylic acids is 1. The summed E-state index contributed by atoms with van der Waals surface area (Å²) in [6.45, 7) is 6.06. The average molecular weight is 261 g/mol. The van der Waals surface area contributed by atoms with E-state index in [1.165, 1.54) is 0 Å². The molecule has 2 aromatic heterocycles. The first-order valence-corrected chi connectivity index (χ1v) is 6.33. The minimum atomic E-state index is -0.465. The zero-order valence-electron chi connectivity index (χ0n) is 11.5. The van der Waals surface area contributed by atoms with E-state index in [9.17, 15) is 4.79 Å². The van der Waals surface area contributed by atoms with Crippen LogP contribution in [0.5, 0.6) is 0 Å². The number of hydrogen-bond donors (Lipinski definition) is 1. The Hall–Kier alpha value is -2.04. The van der Waals surface area contributed by atoms with E-state index in [1.54, 1.807) is 0 Å². The van der Waals surface area contributed by atoms with Crippen molar-refractivity contribution in [3.05, 3.63) is 36.3 Å². The van der Waals surface area contributed by atoms with Crippen LogP contribution in [0, 0.1) is 0 Å². The summed E-state index contributed by atoms with van der Waals surface area (Å²) >= 11 is 0. The van der Waals surface area contributed by atoms with Crippen molar-refractivity contribution in [2.75, 3.05) is 6.54 Å². The van der Waals surface area contributed by atoms with Crippen molar-refractivity contribution in [1.82, 2.24) is 14.7 Å². The zero-order chi connectivity index (χ0) is 13.9. The van der Waals surface area contributed by atoms with Gasteiger partial charge in [0.25, 0.3) is 0 Å². The van der Waals surface area contributed by atoms with E-state index in [0.717, 1.165) is 11.3 Å². The van der Waals surface area contributed by atoms with Crippen LogP contribution >= 0.6 is 0 Å². The molecule has 2 rings (SSSR count). The van der Waals surface area contributed by atoms with E-state index in [1.807, 2.05) is 55.8 Å². The lowest BCUT2D eigenvalue weighted by atomic mass is 10.2. The van der Waals surface area contributed by atoms with Crippen LogP contribution in [0.25, 0.3) is 5.65 Å². The molecule has 19 heavy (non-hydrogen) atoms. The third-order valence-electron chi connectivity index (χ3n) is 2.54. The van der Waals surface area contributed by atoms with Crippen molar-refractivity contribution in [2.24, 2.45) is 0 Å². The van der Waals surface area contributed by atoms with Gasteiger partial charge in [0.05, 0.1) is 0 Å². The molecular weight excluding hydrogens is 242 g/mol. The highest BCUT2D eigenvalue weighted by Crippen LogP contribution is 2.08. The summed E-state index contributed by atoms with van der Waals surface area (Å²) < 4.78 is 7.18. The molecule has 0 radical (unpaired) electrons. The molecule has 0 aliphatic heterocycles. The maximum absolute atomic E-state index is 11.5. The van der Waals surface area contributed by atoms with E-state index in [0.29, 0.717) is 13.0 Å². The van der Waals surface area contributed by atoms with Gasteiger partial charge in [0.15, 0.2) is 0 Å². The predicted molar refractivity (Wildman–Crippen MR) is 73.1 cm³/mol. The number of fused-ring (bicyclic) bond motifs is 1. The maximum atomic E-state index is 11.5. The fraction of sp³-hybridized carbons (Fsp3) is 0.429. The molecule has 2 heterocycles. The minimum Gasteiger partial charge on any atom is -0.444 e. The van der Waals surface area contributed by atoms with Gasteiger partial charge >= 0.3 is 6.09 Å². The number of aromatic nitrogens is 2. The summed E-state index contributed by atoms with van der Waals surface area (Å²) in [5, 5.41) is 2.74. The molecule has 0 bridgehead atoms. The monoisotopic (exact) mass is 261 g/mol. The molecule has 0 saturated heterocycles. The second-order valence-corrected chi connectivity index (χ2v) is 5.36. The Morgan fingerprint density at radius 2 is 2.21 bits per heavy atom. The highest BCUT2D eigenvalue weighted by Gasteiger charge is 2.15. The van der Waals surface area contributed by atoms with Crippen LogP contribution in [-0.2, 0) is 11.2 Å². The van der Waals surface area contributed by atoms with Crippen molar-refractivity contribution in [3.8, 4) is 0 Å². The number of imidazole rings is 1. The number of alkyl carbamates (subject to hydrolysis) is 1. The first-order chi connectivity index (χ1) is 8.96. The van der Waals surface area contributed by atoms with Gasteiger partial charge in [0.2, 0.25) is 0 Å². The second kappa shape index (κ2) is 5.30. The van der Waals surface area contributed by atoms with Gasteiger partial charge in [-0.05, 0) is 32.9 Å². The van der Waals surface area contributed by atoms with Crippen LogP contribution in [-0.4, -0.2) is 27.6 Å². The summed E-state index contributed by atoms with van der Waals surface area (Å²) in [5.41, 5.74) is 1.51. The molecule has 0 atom stereocenters. The van der Waals surface area contributed by atoms with E-state index < -0.39 is 5.60 Å². The number of ether oxygens (including phenoxy) is 1. The molecule has 0 saturated carbocycles. The first kappa shape index (κ1) is 13.4. The highest BCUT2D eigenvalue weighted by molar-refractivity contribution is 5.67. The molecule has 5 nitrogen and oxygen atoms in total. The fourth-order valence-corrected chi connectivity index (χ4v) is 1.78. The van der Waals surface area contributed by atoms with E-state index in [4.69, 9.17) is 4.74 Å². The van der Waals surface area contributed by atoms with Gasteiger partial charge in [-0.2, -0.15) is 0 Å². The van der Waals surface area contributed by atoms with Crippen molar-refractivity contribution in [1.29, 1.82) is 0 Å². The van der Waals surface area contributed by atoms with Crippen LogP contribution in [0.2, 0.25) is 0 Å². The zero-order valence-corrected chi connectivity index (χ0v) is 11.5. The van der Waals surface area contributed by atoms with Crippen molar-refractivity contribution >= 4 is 11.7 Å². The smallest absolute Gasteiger partial charge is 0.407 e. The van der Waals surface area contributed by atoms with Crippen LogP contribution in [0.15, 0.2) is 30.6 Å². The first-order valence-electron chi connectivity index (χ1n) is 6.33. The molecule has 102 valence electrons.